The highest BCUT2D eigenvalue weighted by atomic mass is 16.3. The maximum absolute atomic E-state index is 9.53. The smallest absolute Gasteiger partial charge is 0.115 e. The predicted molar refractivity (Wildman–Crippen MR) is 77.9 cm³/mol. The third-order valence-corrected chi connectivity index (χ3v) is 3.43. The first-order valence-corrected chi connectivity index (χ1v) is 6.92. The van der Waals surface area contributed by atoms with Gasteiger partial charge in [0.15, 0.2) is 0 Å². The standard InChI is InChI=1S/C16H27NO/c1-5-9-17-12-14(16(2,3)4)10-13-7-6-8-15(18)11-13/h6-8,11,14,17-18H,5,9-10,12H2,1-4H3. The molecular formula is C16H27NO. The van der Waals surface area contributed by atoms with Crippen LogP contribution < -0.4 is 5.32 Å². The lowest BCUT2D eigenvalue weighted by Gasteiger charge is -2.31. The van der Waals surface area contributed by atoms with Gasteiger partial charge in [0.05, 0.1) is 0 Å². The molecule has 0 aliphatic carbocycles. The van der Waals surface area contributed by atoms with Gasteiger partial charge in [0.2, 0.25) is 0 Å². The summed E-state index contributed by atoms with van der Waals surface area (Å²) < 4.78 is 0. The van der Waals surface area contributed by atoms with Crippen LogP contribution in [-0.4, -0.2) is 18.2 Å². The number of nitrogens with one attached hydrogen (secondary N) is 1. The maximum Gasteiger partial charge on any atom is 0.115 e. The highest BCUT2D eigenvalue weighted by Crippen LogP contribution is 2.29. The van der Waals surface area contributed by atoms with E-state index in [0.29, 0.717) is 11.7 Å². The number of hydrogen-bond donors (Lipinski definition) is 2. The second-order valence-electron chi connectivity index (χ2n) is 6.14. The molecule has 0 heterocycles. The van der Waals surface area contributed by atoms with E-state index in [9.17, 15) is 5.11 Å². The van der Waals surface area contributed by atoms with Crippen molar-refractivity contribution >= 4 is 0 Å². The molecule has 0 radical (unpaired) electrons. The van der Waals surface area contributed by atoms with Crippen molar-refractivity contribution in [2.24, 2.45) is 11.3 Å². The average Bonchev–Trinajstić information content (AvgIpc) is 2.27. The van der Waals surface area contributed by atoms with Crippen molar-refractivity contribution in [3.05, 3.63) is 29.8 Å². The molecule has 0 bridgehead atoms. The lowest BCUT2D eigenvalue weighted by molar-refractivity contribution is 0.231. The van der Waals surface area contributed by atoms with E-state index >= 15 is 0 Å². The predicted octanol–water partition coefficient (Wildman–Crippen LogP) is 3.60. The minimum absolute atomic E-state index is 0.270. The summed E-state index contributed by atoms with van der Waals surface area (Å²) in [4.78, 5) is 0. The van der Waals surface area contributed by atoms with Crippen LogP contribution in [0.1, 0.15) is 39.7 Å². The fourth-order valence-corrected chi connectivity index (χ4v) is 2.11. The number of hydrogen-bond acceptors (Lipinski definition) is 2. The van der Waals surface area contributed by atoms with Gasteiger partial charge in [-0.3, -0.25) is 0 Å². The maximum atomic E-state index is 9.53. The Balaban J connectivity index is 2.66. The molecule has 2 N–H and O–H groups in total. The molecule has 0 saturated heterocycles. The van der Waals surface area contributed by atoms with Crippen molar-refractivity contribution in [1.82, 2.24) is 5.32 Å². The van der Waals surface area contributed by atoms with Gasteiger partial charge < -0.3 is 10.4 Å². The number of benzene rings is 1. The fraction of sp³-hybridized carbons (Fsp3) is 0.625. The van der Waals surface area contributed by atoms with Gasteiger partial charge in [0, 0.05) is 0 Å². The van der Waals surface area contributed by atoms with Crippen LogP contribution in [0.2, 0.25) is 0 Å². The van der Waals surface area contributed by atoms with Gasteiger partial charge in [-0.25, -0.2) is 0 Å². The summed E-state index contributed by atoms with van der Waals surface area (Å²) >= 11 is 0. The summed E-state index contributed by atoms with van der Waals surface area (Å²) in [7, 11) is 0. The summed E-state index contributed by atoms with van der Waals surface area (Å²) in [5.41, 5.74) is 1.49. The summed E-state index contributed by atoms with van der Waals surface area (Å²) in [6, 6.07) is 7.62. The number of rotatable bonds is 6. The number of phenols is 1. The Morgan fingerprint density at radius 2 is 2.00 bits per heavy atom. The Kier molecular flexibility index (Phi) is 5.67. The van der Waals surface area contributed by atoms with Crippen LogP contribution in [0.4, 0.5) is 0 Å². The molecule has 1 unspecified atom stereocenters. The van der Waals surface area contributed by atoms with E-state index in [1.165, 1.54) is 12.0 Å². The zero-order valence-electron chi connectivity index (χ0n) is 12.2. The van der Waals surface area contributed by atoms with Gasteiger partial charge in [0.25, 0.3) is 0 Å². The number of aromatic hydroxyl groups is 1. The van der Waals surface area contributed by atoms with E-state index in [1.54, 1.807) is 6.07 Å². The highest BCUT2D eigenvalue weighted by molar-refractivity contribution is 5.27. The van der Waals surface area contributed by atoms with Gasteiger partial charge >= 0.3 is 0 Å². The van der Waals surface area contributed by atoms with Crippen LogP contribution in [0, 0.1) is 11.3 Å². The minimum atomic E-state index is 0.270. The summed E-state index contributed by atoms with van der Waals surface area (Å²) in [5, 5.41) is 13.0. The molecule has 0 spiro atoms. The van der Waals surface area contributed by atoms with Crippen LogP contribution in [-0.2, 0) is 6.42 Å². The topological polar surface area (TPSA) is 32.3 Å². The summed E-state index contributed by atoms with van der Waals surface area (Å²) in [6.07, 6.45) is 2.18. The third-order valence-electron chi connectivity index (χ3n) is 3.43. The zero-order chi connectivity index (χ0) is 13.6. The van der Waals surface area contributed by atoms with Crippen molar-refractivity contribution in [1.29, 1.82) is 0 Å². The molecule has 1 aromatic rings. The van der Waals surface area contributed by atoms with E-state index in [4.69, 9.17) is 0 Å². The minimum Gasteiger partial charge on any atom is -0.508 e. The summed E-state index contributed by atoms with van der Waals surface area (Å²) in [6.45, 7) is 11.2. The Morgan fingerprint density at radius 3 is 2.56 bits per heavy atom. The zero-order valence-corrected chi connectivity index (χ0v) is 12.2. The fourth-order valence-electron chi connectivity index (χ4n) is 2.11. The van der Waals surface area contributed by atoms with Crippen LogP contribution >= 0.6 is 0 Å². The molecule has 0 aromatic heterocycles. The molecule has 1 rings (SSSR count). The molecule has 0 fully saturated rings. The van der Waals surface area contributed by atoms with Crippen LogP contribution in [0.3, 0.4) is 0 Å². The average molecular weight is 249 g/mol. The van der Waals surface area contributed by atoms with Crippen molar-refractivity contribution in [3.63, 3.8) is 0 Å². The SMILES string of the molecule is CCCNCC(Cc1cccc(O)c1)C(C)(C)C. The van der Waals surface area contributed by atoms with Crippen molar-refractivity contribution in [2.75, 3.05) is 13.1 Å². The Hall–Kier alpha value is -1.02. The second kappa shape index (κ2) is 6.79. The molecule has 0 aliphatic rings. The van der Waals surface area contributed by atoms with E-state index in [-0.39, 0.29) is 5.41 Å². The first-order chi connectivity index (χ1) is 8.43. The van der Waals surface area contributed by atoms with Crippen LogP contribution in [0.25, 0.3) is 0 Å². The lowest BCUT2D eigenvalue weighted by Crippen LogP contribution is -2.33. The Bertz CT molecular complexity index is 354. The molecular weight excluding hydrogens is 222 g/mol. The van der Waals surface area contributed by atoms with Crippen molar-refractivity contribution in [3.8, 4) is 5.75 Å². The van der Waals surface area contributed by atoms with E-state index in [2.05, 4.69) is 39.1 Å². The molecule has 1 atom stereocenters. The van der Waals surface area contributed by atoms with E-state index in [1.807, 2.05) is 12.1 Å². The third kappa shape index (κ3) is 5.09. The van der Waals surface area contributed by atoms with Gasteiger partial charge in [0.1, 0.15) is 5.75 Å². The molecule has 0 aliphatic heterocycles. The van der Waals surface area contributed by atoms with Crippen LogP contribution in [0.5, 0.6) is 5.75 Å². The molecule has 2 nitrogen and oxygen atoms in total. The quantitative estimate of drug-likeness (QED) is 0.755. The van der Waals surface area contributed by atoms with E-state index < -0.39 is 0 Å². The Labute approximate surface area is 111 Å². The van der Waals surface area contributed by atoms with Crippen molar-refractivity contribution in [2.45, 2.75) is 40.5 Å². The molecule has 2 heteroatoms. The highest BCUT2D eigenvalue weighted by Gasteiger charge is 2.24. The Morgan fingerprint density at radius 1 is 1.28 bits per heavy atom. The molecule has 0 amide bonds. The number of phenolic OH excluding ortho intramolecular Hbond substituents is 1. The monoisotopic (exact) mass is 249 g/mol. The van der Waals surface area contributed by atoms with Crippen molar-refractivity contribution < 1.29 is 5.11 Å². The van der Waals surface area contributed by atoms with Gasteiger partial charge in [-0.05, 0) is 55.0 Å². The largest absolute Gasteiger partial charge is 0.508 e. The molecule has 1 aromatic carbocycles. The first-order valence-electron chi connectivity index (χ1n) is 6.92. The molecule has 0 saturated carbocycles. The van der Waals surface area contributed by atoms with Gasteiger partial charge in [-0.15, -0.1) is 0 Å². The second-order valence-corrected chi connectivity index (χ2v) is 6.14. The normalized spacial score (nSPS) is 13.6. The van der Waals surface area contributed by atoms with Gasteiger partial charge in [-0.1, -0.05) is 39.8 Å². The molecule has 102 valence electrons. The van der Waals surface area contributed by atoms with Gasteiger partial charge in [-0.2, -0.15) is 0 Å². The van der Waals surface area contributed by atoms with Crippen LogP contribution in [0.15, 0.2) is 24.3 Å². The first kappa shape index (κ1) is 15.0. The lowest BCUT2D eigenvalue weighted by atomic mass is 9.77. The molecule has 18 heavy (non-hydrogen) atoms. The summed E-state index contributed by atoms with van der Waals surface area (Å²) in [5.74, 6) is 0.938. The van der Waals surface area contributed by atoms with E-state index in [0.717, 1.165) is 19.5 Å².